The molecule has 15 heavy (non-hydrogen) atoms. The highest BCUT2D eigenvalue weighted by molar-refractivity contribution is 5.37. The summed E-state index contributed by atoms with van der Waals surface area (Å²) in [6.45, 7) is 0. The van der Waals surface area contributed by atoms with Crippen molar-refractivity contribution in [1.82, 2.24) is 0 Å². The molecule has 0 atom stereocenters. The maximum atomic E-state index is 8.69. The van der Waals surface area contributed by atoms with Crippen LogP contribution in [0.2, 0.25) is 0 Å². The molecule has 0 fully saturated rings. The zero-order chi connectivity index (χ0) is 11.4. The van der Waals surface area contributed by atoms with Gasteiger partial charge in [0.15, 0.2) is 0 Å². The lowest BCUT2D eigenvalue weighted by atomic mass is 10.2. The number of ether oxygens (including phenoxy) is 1. The fraction of sp³-hybridized carbons (Fsp3) is 0. The molecular formula is C13H9NO. The highest BCUT2D eigenvalue weighted by atomic mass is 16.5. The Bertz CT molecular complexity index is 531. The molecule has 2 aromatic rings. The van der Waals surface area contributed by atoms with E-state index in [1.807, 2.05) is 36.4 Å². The van der Waals surface area contributed by atoms with E-state index >= 15 is 0 Å². The molecule has 0 heterocycles. The van der Waals surface area contributed by atoms with Crippen LogP contribution in [0.25, 0.3) is 0 Å². The standard InChI is InChI=1S/C13H9NO/c14-10-11-6-8-13(9-7-11)15-12-4-2-1-3-5-12/h1-9H/i6D. The zero-order valence-electron chi connectivity index (χ0n) is 8.97. The average molecular weight is 196 g/mol. The lowest BCUT2D eigenvalue weighted by molar-refractivity contribution is 0.482. The first kappa shape index (κ1) is 8.07. The molecule has 0 aliphatic rings. The molecule has 0 saturated heterocycles. The van der Waals surface area contributed by atoms with Crippen molar-refractivity contribution in [2.45, 2.75) is 0 Å². The van der Waals surface area contributed by atoms with Gasteiger partial charge in [-0.25, -0.2) is 0 Å². The summed E-state index contributed by atoms with van der Waals surface area (Å²) in [5.74, 6) is 1.28. The van der Waals surface area contributed by atoms with Crippen LogP contribution in [0.5, 0.6) is 11.5 Å². The molecule has 0 aliphatic carbocycles. The summed E-state index contributed by atoms with van der Waals surface area (Å²) in [4.78, 5) is 0. The van der Waals surface area contributed by atoms with Crippen molar-refractivity contribution in [2.24, 2.45) is 0 Å². The van der Waals surface area contributed by atoms with Gasteiger partial charge in [0.05, 0.1) is 13.0 Å². The van der Waals surface area contributed by atoms with Crippen LogP contribution in [-0.2, 0) is 0 Å². The molecule has 0 unspecified atom stereocenters. The van der Waals surface area contributed by atoms with Gasteiger partial charge in [0.2, 0.25) is 0 Å². The van der Waals surface area contributed by atoms with Crippen LogP contribution in [0.1, 0.15) is 6.93 Å². The molecule has 0 N–H and O–H groups in total. The third kappa shape index (κ3) is 2.35. The second-order valence-corrected chi connectivity index (χ2v) is 2.96. The largest absolute Gasteiger partial charge is 0.457 e. The van der Waals surface area contributed by atoms with E-state index in [2.05, 4.69) is 0 Å². The molecule has 0 radical (unpaired) electrons. The monoisotopic (exact) mass is 196 g/mol. The number of hydrogen-bond acceptors (Lipinski definition) is 2. The SMILES string of the molecule is [2H]c1cc(Oc2ccccc2)ccc1C#N. The number of rotatable bonds is 2. The third-order valence-corrected chi connectivity index (χ3v) is 1.88. The Morgan fingerprint density at radius 3 is 2.40 bits per heavy atom. The molecule has 0 aliphatic heterocycles. The van der Waals surface area contributed by atoms with Gasteiger partial charge in [0.25, 0.3) is 0 Å². The quantitative estimate of drug-likeness (QED) is 0.737. The van der Waals surface area contributed by atoms with Crippen molar-refractivity contribution in [3.05, 3.63) is 60.1 Å². The minimum absolute atomic E-state index is 0.177. The lowest BCUT2D eigenvalue weighted by Crippen LogP contribution is -1.83. The summed E-state index contributed by atoms with van der Waals surface area (Å²) in [7, 11) is 0. The molecule has 0 saturated carbocycles. The first-order valence-corrected chi connectivity index (χ1v) is 4.53. The molecule has 2 aromatic carbocycles. The van der Waals surface area contributed by atoms with Crippen molar-refractivity contribution >= 4 is 0 Å². The Balaban J connectivity index is 2.24. The summed E-state index contributed by atoms with van der Waals surface area (Å²) >= 11 is 0. The fourth-order valence-corrected chi connectivity index (χ4v) is 1.17. The van der Waals surface area contributed by atoms with E-state index in [0.717, 1.165) is 0 Å². The van der Waals surface area contributed by atoms with Crippen LogP contribution in [0.3, 0.4) is 0 Å². The van der Waals surface area contributed by atoms with Crippen molar-refractivity contribution in [1.29, 1.82) is 5.26 Å². The Kier molecular flexibility index (Phi) is 2.31. The van der Waals surface area contributed by atoms with Gasteiger partial charge in [-0.15, -0.1) is 0 Å². The number of nitrogens with zero attached hydrogens (tertiary/aromatic N) is 1. The van der Waals surface area contributed by atoms with Gasteiger partial charge in [-0.1, -0.05) is 18.2 Å². The molecule has 2 nitrogen and oxygen atoms in total. The summed E-state index contributed by atoms with van der Waals surface area (Å²) in [5.41, 5.74) is 0.348. The van der Waals surface area contributed by atoms with Crippen molar-refractivity contribution in [2.75, 3.05) is 0 Å². The number of benzene rings is 2. The molecule has 0 amide bonds. The van der Waals surface area contributed by atoms with Crippen molar-refractivity contribution in [3.63, 3.8) is 0 Å². The van der Waals surface area contributed by atoms with Crippen LogP contribution in [-0.4, -0.2) is 0 Å². The van der Waals surface area contributed by atoms with E-state index in [4.69, 9.17) is 11.4 Å². The van der Waals surface area contributed by atoms with Crippen molar-refractivity contribution < 1.29 is 6.11 Å². The summed E-state index contributed by atoms with van der Waals surface area (Å²) < 4.78 is 13.1. The van der Waals surface area contributed by atoms with E-state index in [0.29, 0.717) is 17.1 Å². The second-order valence-electron chi connectivity index (χ2n) is 2.96. The summed E-state index contributed by atoms with van der Waals surface area (Å²) in [5, 5.41) is 8.69. The predicted molar refractivity (Wildman–Crippen MR) is 57.7 cm³/mol. The molecule has 0 aromatic heterocycles. The first-order valence-electron chi connectivity index (χ1n) is 5.03. The van der Waals surface area contributed by atoms with Crippen molar-refractivity contribution in [3.8, 4) is 17.6 Å². The average Bonchev–Trinajstić information content (AvgIpc) is 2.31. The van der Waals surface area contributed by atoms with E-state index in [-0.39, 0.29) is 6.04 Å². The molecule has 2 rings (SSSR count). The van der Waals surface area contributed by atoms with Gasteiger partial charge in [0.1, 0.15) is 11.5 Å². The fourth-order valence-electron chi connectivity index (χ4n) is 1.17. The number of para-hydroxylation sites is 1. The van der Waals surface area contributed by atoms with Gasteiger partial charge >= 0.3 is 0 Å². The minimum atomic E-state index is 0.177. The van der Waals surface area contributed by atoms with Gasteiger partial charge in [-0.3, -0.25) is 0 Å². The topological polar surface area (TPSA) is 33.0 Å². The normalized spacial score (nSPS) is 10.2. The maximum Gasteiger partial charge on any atom is 0.127 e. The first-order chi connectivity index (χ1) is 7.79. The molecule has 72 valence electrons. The van der Waals surface area contributed by atoms with Crippen LogP contribution >= 0.6 is 0 Å². The van der Waals surface area contributed by atoms with Crippen LogP contribution < -0.4 is 4.74 Å². The van der Waals surface area contributed by atoms with Crippen LogP contribution in [0.15, 0.2) is 54.6 Å². The Morgan fingerprint density at radius 2 is 1.73 bits per heavy atom. The number of hydrogen-bond donors (Lipinski definition) is 0. The van der Waals surface area contributed by atoms with Gasteiger partial charge in [-0.2, -0.15) is 5.26 Å². The highest BCUT2D eigenvalue weighted by Crippen LogP contribution is 2.20. The zero-order valence-corrected chi connectivity index (χ0v) is 7.97. The second kappa shape index (κ2) is 4.30. The van der Waals surface area contributed by atoms with E-state index < -0.39 is 0 Å². The predicted octanol–water partition coefficient (Wildman–Crippen LogP) is 3.35. The van der Waals surface area contributed by atoms with E-state index in [1.165, 1.54) is 6.07 Å². The Labute approximate surface area is 89.8 Å². The molecule has 2 heteroatoms. The van der Waals surface area contributed by atoms with Gasteiger partial charge in [0, 0.05) is 0 Å². The smallest absolute Gasteiger partial charge is 0.127 e. The third-order valence-electron chi connectivity index (χ3n) is 1.88. The summed E-state index contributed by atoms with van der Waals surface area (Å²) in [6, 6.07) is 16.2. The Morgan fingerprint density at radius 1 is 1.00 bits per heavy atom. The van der Waals surface area contributed by atoms with Gasteiger partial charge in [-0.05, 0) is 36.4 Å². The van der Waals surface area contributed by atoms with Crippen LogP contribution in [0, 0.1) is 11.3 Å². The lowest BCUT2D eigenvalue weighted by Gasteiger charge is -2.04. The van der Waals surface area contributed by atoms with E-state index in [9.17, 15) is 0 Å². The van der Waals surface area contributed by atoms with E-state index in [1.54, 1.807) is 12.1 Å². The highest BCUT2D eigenvalue weighted by Gasteiger charge is 1.95. The Hall–Kier alpha value is -2.27. The maximum absolute atomic E-state index is 8.69. The molecule has 0 spiro atoms. The van der Waals surface area contributed by atoms with Gasteiger partial charge < -0.3 is 4.74 Å². The summed E-state index contributed by atoms with van der Waals surface area (Å²) in [6.07, 6.45) is 0. The molecular weight excluding hydrogens is 186 g/mol. The van der Waals surface area contributed by atoms with Crippen LogP contribution in [0.4, 0.5) is 0 Å². The minimum Gasteiger partial charge on any atom is -0.457 e. The number of nitriles is 1. The molecule has 0 bridgehead atoms.